The fourth-order valence-corrected chi connectivity index (χ4v) is 2.97. The summed E-state index contributed by atoms with van der Waals surface area (Å²) in [5.74, 6) is 6.00. The molecule has 0 atom stereocenters. The van der Waals surface area contributed by atoms with Gasteiger partial charge in [0.15, 0.2) is 0 Å². The second kappa shape index (κ2) is 9.60. The minimum absolute atomic E-state index is 0.0612. The molecule has 0 unspecified atom stereocenters. The van der Waals surface area contributed by atoms with Gasteiger partial charge in [0.1, 0.15) is 5.41 Å². The molecule has 0 aliphatic heterocycles. The fourth-order valence-electron chi connectivity index (χ4n) is 2.97. The highest BCUT2D eigenvalue weighted by Crippen LogP contribution is 2.36. The Hall–Kier alpha value is -2.83. The van der Waals surface area contributed by atoms with Crippen molar-refractivity contribution in [2.75, 3.05) is 27.2 Å². The molecule has 1 amide bonds. The standard InChI is InChI=1S/C23H26N2O/c1-4-17-23(20-13-7-5-8-14-20,21-15-9-6-10-16-21)22(26)24-18-11-12-19-25(2)3/h4-10,13-16H,1,17-19H2,2-3H3,(H,24,26). The third-order valence-corrected chi connectivity index (χ3v) is 4.23. The molecule has 1 N–H and O–H groups in total. The molecule has 134 valence electrons. The van der Waals surface area contributed by atoms with Gasteiger partial charge in [-0.3, -0.25) is 9.69 Å². The Morgan fingerprint density at radius 2 is 1.58 bits per heavy atom. The first-order valence-corrected chi connectivity index (χ1v) is 8.72. The van der Waals surface area contributed by atoms with Crippen LogP contribution in [0.25, 0.3) is 0 Å². The van der Waals surface area contributed by atoms with Gasteiger partial charge in [-0.1, -0.05) is 78.6 Å². The van der Waals surface area contributed by atoms with Gasteiger partial charge in [0.25, 0.3) is 0 Å². The molecular formula is C23H26N2O. The summed E-state index contributed by atoms with van der Waals surface area (Å²) in [6.07, 6.45) is 2.31. The minimum atomic E-state index is -0.812. The molecule has 0 saturated carbocycles. The van der Waals surface area contributed by atoms with Crippen molar-refractivity contribution in [3.8, 4) is 11.8 Å². The number of nitrogens with zero attached hydrogens (tertiary/aromatic N) is 1. The number of hydrogen-bond donors (Lipinski definition) is 1. The van der Waals surface area contributed by atoms with E-state index in [4.69, 9.17) is 0 Å². The molecule has 0 spiro atoms. The molecule has 2 aromatic carbocycles. The number of amides is 1. The second-order valence-corrected chi connectivity index (χ2v) is 6.40. The number of benzene rings is 2. The van der Waals surface area contributed by atoms with E-state index in [2.05, 4.69) is 23.7 Å². The van der Waals surface area contributed by atoms with Crippen LogP contribution < -0.4 is 5.32 Å². The number of rotatable bonds is 7. The molecule has 0 aliphatic carbocycles. The van der Waals surface area contributed by atoms with Gasteiger partial charge in [0.05, 0.1) is 13.1 Å². The van der Waals surface area contributed by atoms with E-state index in [9.17, 15) is 4.79 Å². The van der Waals surface area contributed by atoms with Crippen LogP contribution in [0.2, 0.25) is 0 Å². The molecular weight excluding hydrogens is 320 g/mol. The Kier molecular flexibility index (Phi) is 7.20. The predicted octanol–water partition coefficient (Wildman–Crippen LogP) is 3.23. The molecule has 0 heterocycles. The lowest BCUT2D eigenvalue weighted by Gasteiger charge is -2.32. The number of carbonyl (C=O) groups excluding carboxylic acids is 1. The van der Waals surface area contributed by atoms with Crippen molar-refractivity contribution >= 4 is 5.91 Å². The zero-order valence-electron chi connectivity index (χ0n) is 15.5. The highest BCUT2D eigenvalue weighted by Gasteiger charge is 2.40. The summed E-state index contributed by atoms with van der Waals surface area (Å²) in [7, 11) is 3.93. The molecule has 0 bridgehead atoms. The van der Waals surface area contributed by atoms with Crippen LogP contribution in [-0.2, 0) is 10.2 Å². The summed E-state index contributed by atoms with van der Waals surface area (Å²) < 4.78 is 0. The van der Waals surface area contributed by atoms with Crippen LogP contribution in [-0.4, -0.2) is 38.0 Å². The van der Waals surface area contributed by atoms with Crippen LogP contribution in [0.5, 0.6) is 0 Å². The molecule has 0 fully saturated rings. The maximum absolute atomic E-state index is 13.3. The quantitative estimate of drug-likeness (QED) is 0.617. The van der Waals surface area contributed by atoms with E-state index in [0.29, 0.717) is 19.5 Å². The van der Waals surface area contributed by atoms with Crippen LogP contribution in [0.15, 0.2) is 73.3 Å². The smallest absolute Gasteiger partial charge is 0.236 e. The molecule has 26 heavy (non-hydrogen) atoms. The van der Waals surface area contributed by atoms with E-state index in [1.54, 1.807) is 6.08 Å². The lowest BCUT2D eigenvalue weighted by Crippen LogP contribution is -2.45. The SMILES string of the molecule is C=CCC(C(=O)NCC#CCN(C)C)(c1ccccc1)c1ccccc1. The Balaban J connectivity index is 2.37. The zero-order valence-corrected chi connectivity index (χ0v) is 15.5. The van der Waals surface area contributed by atoms with Crippen molar-refractivity contribution in [3.05, 3.63) is 84.4 Å². The lowest BCUT2D eigenvalue weighted by molar-refractivity contribution is -0.125. The average Bonchev–Trinajstić information content (AvgIpc) is 2.67. The monoisotopic (exact) mass is 346 g/mol. The van der Waals surface area contributed by atoms with Crippen LogP contribution in [0.4, 0.5) is 0 Å². The van der Waals surface area contributed by atoms with E-state index in [0.717, 1.165) is 11.1 Å². The molecule has 2 aromatic rings. The van der Waals surface area contributed by atoms with Gasteiger partial charge < -0.3 is 5.32 Å². The van der Waals surface area contributed by atoms with E-state index < -0.39 is 5.41 Å². The van der Waals surface area contributed by atoms with Gasteiger partial charge in [0.2, 0.25) is 5.91 Å². The first-order chi connectivity index (χ1) is 12.6. The van der Waals surface area contributed by atoms with E-state index in [-0.39, 0.29) is 5.91 Å². The van der Waals surface area contributed by atoms with Crippen LogP contribution in [0.3, 0.4) is 0 Å². The number of allylic oxidation sites excluding steroid dienone is 1. The summed E-state index contributed by atoms with van der Waals surface area (Å²) in [5.41, 5.74) is 1.09. The van der Waals surface area contributed by atoms with Crippen molar-refractivity contribution in [2.45, 2.75) is 11.8 Å². The predicted molar refractivity (Wildman–Crippen MR) is 108 cm³/mol. The number of hydrogen-bond acceptors (Lipinski definition) is 2. The average molecular weight is 346 g/mol. The van der Waals surface area contributed by atoms with Gasteiger partial charge in [-0.25, -0.2) is 0 Å². The second-order valence-electron chi connectivity index (χ2n) is 6.40. The molecule has 0 aromatic heterocycles. The van der Waals surface area contributed by atoms with Crippen molar-refractivity contribution in [2.24, 2.45) is 0 Å². The summed E-state index contributed by atoms with van der Waals surface area (Å²) in [5, 5.41) is 3.00. The van der Waals surface area contributed by atoms with Gasteiger partial charge in [0, 0.05) is 0 Å². The maximum atomic E-state index is 13.3. The Bertz CT molecular complexity index is 731. The molecule has 2 rings (SSSR count). The van der Waals surface area contributed by atoms with Gasteiger partial charge in [-0.05, 0) is 31.6 Å². The van der Waals surface area contributed by atoms with Crippen LogP contribution in [0.1, 0.15) is 17.5 Å². The summed E-state index contributed by atoms with van der Waals surface area (Å²) in [6, 6.07) is 19.7. The van der Waals surface area contributed by atoms with Gasteiger partial charge in [-0.2, -0.15) is 0 Å². The lowest BCUT2D eigenvalue weighted by atomic mass is 9.71. The highest BCUT2D eigenvalue weighted by atomic mass is 16.2. The summed E-state index contributed by atoms with van der Waals surface area (Å²) >= 11 is 0. The first kappa shape index (κ1) is 19.5. The third kappa shape index (κ3) is 4.62. The van der Waals surface area contributed by atoms with Crippen molar-refractivity contribution < 1.29 is 4.79 Å². The van der Waals surface area contributed by atoms with Crippen molar-refractivity contribution in [1.29, 1.82) is 0 Å². The fraction of sp³-hybridized carbons (Fsp3) is 0.261. The molecule has 0 aliphatic rings. The summed E-state index contributed by atoms with van der Waals surface area (Å²) in [6.45, 7) is 4.89. The maximum Gasteiger partial charge on any atom is 0.236 e. The topological polar surface area (TPSA) is 32.3 Å². The number of carbonyl (C=O) groups is 1. The van der Waals surface area contributed by atoms with Crippen LogP contribution >= 0.6 is 0 Å². The highest BCUT2D eigenvalue weighted by molar-refractivity contribution is 5.92. The Morgan fingerprint density at radius 1 is 1.04 bits per heavy atom. The van der Waals surface area contributed by atoms with Crippen LogP contribution in [0, 0.1) is 11.8 Å². The Morgan fingerprint density at radius 3 is 2.04 bits per heavy atom. The molecule has 0 radical (unpaired) electrons. The minimum Gasteiger partial charge on any atom is -0.344 e. The molecule has 3 nitrogen and oxygen atoms in total. The van der Waals surface area contributed by atoms with Crippen molar-refractivity contribution in [1.82, 2.24) is 10.2 Å². The van der Waals surface area contributed by atoms with E-state index >= 15 is 0 Å². The van der Waals surface area contributed by atoms with Gasteiger partial charge >= 0.3 is 0 Å². The number of nitrogens with one attached hydrogen (secondary N) is 1. The Labute approximate surface area is 156 Å². The first-order valence-electron chi connectivity index (χ1n) is 8.72. The normalized spacial score (nSPS) is 10.7. The third-order valence-electron chi connectivity index (χ3n) is 4.23. The van der Waals surface area contributed by atoms with E-state index in [1.807, 2.05) is 79.7 Å². The molecule has 3 heteroatoms. The zero-order chi connectivity index (χ0) is 18.8. The van der Waals surface area contributed by atoms with Crippen molar-refractivity contribution in [3.63, 3.8) is 0 Å². The largest absolute Gasteiger partial charge is 0.344 e. The summed E-state index contributed by atoms with van der Waals surface area (Å²) in [4.78, 5) is 15.3. The molecule has 0 saturated heterocycles. The van der Waals surface area contributed by atoms with E-state index in [1.165, 1.54) is 0 Å². The van der Waals surface area contributed by atoms with Gasteiger partial charge in [-0.15, -0.1) is 6.58 Å².